The molecule has 0 aromatic heterocycles. The second kappa shape index (κ2) is 5.82. The van der Waals surface area contributed by atoms with E-state index in [2.05, 4.69) is 39.0 Å². The minimum Gasteiger partial charge on any atom is -0.380 e. The standard InChI is InChI=1S/C24H34O2/c1-22(2)15-25-13-8-18-17(14-26-16-22)4-5-20-19(18)6-9-23(3)21(20)7-10-24(23)11-12-24/h4-6,20-21H,7-16H2,1-3H3/t20?,21?,23-/m0/s1. The Hall–Kier alpha value is -0.860. The quantitative estimate of drug-likeness (QED) is 0.575. The summed E-state index contributed by atoms with van der Waals surface area (Å²) in [6, 6.07) is 0. The second-order valence-corrected chi connectivity index (χ2v) is 10.6. The lowest BCUT2D eigenvalue weighted by Crippen LogP contribution is -2.38. The summed E-state index contributed by atoms with van der Waals surface area (Å²) >= 11 is 0. The third-order valence-electron chi connectivity index (χ3n) is 8.34. The predicted molar refractivity (Wildman–Crippen MR) is 105 cm³/mol. The SMILES string of the molecule is CC1(C)COCCC2=C(C=CC3C2=CC[C@@]2(C)C3CCC23CC3)COC1. The van der Waals surface area contributed by atoms with Crippen molar-refractivity contribution in [3.63, 3.8) is 0 Å². The van der Waals surface area contributed by atoms with Gasteiger partial charge < -0.3 is 9.47 Å². The molecule has 142 valence electrons. The van der Waals surface area contributed by atoms with Crippen LogP contribution in [0.4, 0.5) is 0 Å². The van der Waals surface area contributed by atoms with E-state index in [0.29, 0.717) is 16.7 Å². The van der Waals surface area contributed by atoms with E-state index < -0.39 is 0 Å². The Morgan fingerprint density at radius 1 is 1.04 bits per heavy atom. The van der Waals surface area contributed by atoms with Gasteiger partial charge in [-0.05, 0) is 72.0 Å². The molecule has 1 aliphatic heterocycles. The average molecular weight is 355 g/mol. The highest BCUT2D eigenvalue weighted by Crippen LogP contribution is 2.74. The molecule has 3 atom stereocenters. The van der Waals surface area contributed by atoms with Gasteiger partial charge in [-0.25, -0.2) is 0 Å². The number of rotatable bonds is 0. The summed E-state index contributed by atoms with van der Waals surface area (Å²) in [5.41, 5.74) is 5.89. The van der Waals surface area contributed by atoms with E-state index in [9.17, 15) is 0 Å². The summed E-state index contributed by atoms with van der Waals surface area (Å²) < 4.78 is 12.1. The second-order valence-electron chi connectivity index (χ2n) is 10.6. The number of ether oxygens (including phenoxy) is 2. The zero-order chi connectivity index (χ0) is 18.0. The van der Waals surface area contributed by atoms with Crippen LogP contribution in [0.2, 0.25) is 0 Å². The largest absolute Gasteiger partial charge is 0.380 e. The van der Waals surface area contributed by atoms with Crippen molar-refractivity contribution in [2.75, 3.05) is 26.4 Å². The Bertz CT molecular complexity index is 691. The van der Waals surface area contributed by atoms with E-state index in [4.69, 9.17) is 9.47 Å². The van der Waals surface area contributed by atoms with Gasteiger partial charge in [0.05, 0.1) is 26.4 Å². The normalized spacial score (nSPS) is 40.5. The molecule has 5 rings (SSSR count). The molecule has 1 heterocycles. The Balaban J connectivity index is 1.45. The molecule has 5 aliphatic rings. The van der Waals surface area contributed by atoms with Gasteiger partial charge in [-0.3, -0.25) is 0 Å². The fourth-order valence-corrected chi connectivity index (χ4v) is 6.53. The van der Waals surface area contributed by atoms with Crippen molar-refractivity contribution in [3.05, 3.63) is 34.9 Å². The van der Waals surface area contributed by atoms with Crippen molar-refractivity contribution < 1.29 is 9.47 Å². The molecule has 1 spiro atoms. The van der Waals surface area contributed by atoms with Crippen LogP contribution in [0.1, 0.15) is 59.3 Å². The van der Waals surface area contributed by atoms with E-state index in [1.165, 1.54) is 43.3 Å². The van der Waals surface area contributed by atoms with E-state index in [1.54, 1.807) is 5.57 Å². The Morgan fingerprint density at radius 2 is 1.85 bits per heavy atom. The van der Waals surface area contributed by atoms with Crippen LogP contribution < -0.4 is 0 Å². The van der Waals surface area contributed by atoms with Gasteiger partial charge in [-0.1, -0.05) is 39.0 Å². The number of fused-ring (bicyclic) bond motifs is 5. The molecule has 0 amide bonds. The van der Waals surface area contributed by atoms with Crippen LogP contribution in [0.25, 0.3) is 0 Å². The van der Waals surface area contributed by atoms with Crippen molar-refractivity contribution in [1.29, 1.82) is 0 Å². The van der Waals surface area contributed by atoms with Crippen LogP contribution in [0, 0.1) is 28.1 Å². The molecule has 4 aliphatic carbocycles. The fraction of sp³-hybridized carbons (Fsp3) is 0.750. The first-order chi connectivity index (χ1) is 12.4. The zero-order valence-corrected chi connectivity index (χ0v) is 16.8. The highest BCUT2D eigenvalue weighted by molar-refractivity contribution is 5.50. The van der Waals surface area contributed by atoms with Crippen molar-refractivity contribution >= 4 is 0 Å². The Kier molecular flexibility index (Phi) is 3.86. The molecule has 2 saturated carbocycles. The van der Waals surface area contributed by atoms with Crippen LogP contribution in [0.5, 0.6) is 0 Å². The highest BCUT2D eigenvalue weighted by Gasteiger charge is 2.65. The molecule has 0 N–H and O–H groups in total. The summed E-state index contributed by atoms with van der Waals surface area (Å²) in [6.07, 6.45) is 15.7. The van der Waals surface area contributed by atoms with Crippen LogP contribution in [-0.2, 0) is 9.47 Å². The van der Waals surface area contributed by atoms with Gasteiger partial charge in [0.15, 0.2) is 0 Å². The molecule has 0 aromatic carbocycles. The molecule has 2 unspecified atom stereocenters. The van der Waals surface area contributed by atoms with Crippen molar-refractivity contribution in [3.8, 4) is 0 Å². The third-order valence-corrected chi connectivity index (χ3v) is 8.34. The van der Waals surface area contributed by atoms with Gasteiger partial charge >= 0.3 is 0 Å². The summed E-state index contributed by atoms with van der Waals surface area (Å²) in [7, 11) is 0. The van der Waals surface area contributed by atoms with Crippen LogP contribution in [0.3, 0.4) is 0 Å². The molecule has 0 aromatic rings. The lowest BCUT2D eigenvalue weighted by atomic mass is 9.58. The van der Waals surface area contributed by atoms with E-state index in [1.807, 2.05) is 0 Å². The first-order valence-corrected chi connectivity index (χ1v) is 10.7. The summed E-state index contributed by atoms with van der Waals surface area (Å²) in [6.45, 7) is 10.2. The van der Waals surface area contributed by atoms with Crippen LogP contribution in [0.15, 0.2) is 34.9 Å². The minimum atomic E-state index is 0.104. The molecule has 26 heavy (non-hydrogen) atoms. The van der Waals surface area contributed by atoms with Gasteiger partial charge in [0.2, 0.25) is 0 Å². The lowest BCUT2D eigenvalue weighted by molar-refractivity contribution is 0.000477. The summed E-state index contributed by atoms with van der Waals surface area (Å²) in [5.74, 6) is 1.47. The topological polar surface area (TPSA) is 18.5 Å². The fourth-order valence-electron chi connectivity index (χ4n) is 6.53. The van der Waals surface area contributed by atoms with E-state index in [-0.39, 0.29) is 5.41 Å². The maximum atomic E-state index is 6.11. The molecule has 0 saturated heterocycles. The molecule has 0 bridgehead atoms. The average Bonchev–Trinajstić information content (AvgIpc) is 3.33. The van der Waals surface area contributed by atoms with Gasteiger partial charge in [-0.15, -0.1) is 0 Å². The predicted octanol–water partition coefficient (Wildman–Crippen LogP) is 5.46. The van der Waals surface area contributed by atoms with E-state index >= 15 is 0 Å². The highest BCUT2D eigenvalue weighted by atomic mass is 16.5. The number of allylic oxidation sites excluding steroid dienone is 3. The van der Waals surface area contributed by atoms with E-state index in [0.717, 1.165) is 38.8 Å². The zero-order valence-electron chi connectivity index (χ0n) is 16.8. The first kappa shape index (κ1) is 17.3. The molecular formula is C24H34O2. The van der Waals surface area contributed by atoms with Crippen molar-refractivity contribution in [2.45, 2.75) is 59.3 Å². The summed E-state index contributed by atoms with van der Waals surface area (Å²) in [4.78, 5) is 0. The number of hydrogen-bond acceptors (Lipinski definition) is 2. The maximum Gasteiger partial charge on any atom is 0.0719 e. The molecule has 0 radical (unpaired) electrons. The van der Waals surface area contributed by atoms with Gasteiger partial charge in [-0.2, -0.15) is 0 Å². The van der Waals surface area contributed by atoms with Gasteiger partial charge in [0, 0.05) is 11.3 Å². The Morgan fingerprint density at radius 3 is 2.65 bits per heavy atom. The Labute approximate surface area is 158 Å². The third kappa shape index (κ3) is 2.52. The van der Waals surface area contributed by atoms with Crippen LogP contribution in [-0.4, -0.2) is 26.4 Å². The molecule has 2 fully saturated rings. The monoisotopic (exact) mass is 354 g/mol. The van der Waals surface area contributed by atoms with Crippen LogP contribution >= 0.6 is 0 Å². The first-order valence-electron chi connectivity index (χ1n) is 10.7. The van der Waals surface area contributed by atoms with Crippen molar-refractivity contribution in [1.82, 2.24) is 0 Å². The van der Waals surface area contributed by atoms with Crippen molar-refractivity contribution in [2.24, 2.45) is 28.1 Å². The lowest BCUT2D eigenvalue weighted by Gasteiger charge is -2.46. The molecule has 2 nitrogen and oxygen atoms in total. The summed E-state index contributed by atoms with van der Waals surface area (Å²) in [5, 5.41) is 0. The van der Waals surface area contributed by atoms with Gasteiger partial charge in [0.1, 0.15) is 0 Å². The van der Waals surface area contributed by atoms with Gasteiger partial charge in [0.25, 0.3) is 0 Å². The number of hydrogen-bond donors (Lipinski definition) is 0. The molecular weight excluding hydrogens is 320 g/mol. The smallest absolute Gasteiger partial charge is 0.0719 e. The maximum absolute atomic E-state index is 6.11. The minimum absolute atomic E-state index is 0.104. The molecule has 2 heteroatoms.